The van der Waals surface area contributed by atoms with Crippen LogP contribution in [0.3, 0.4) is 0 Å². The van der Waals surface area contributed by atoms with E-state index in [1.165, 1.54) is 0 Å². The second-order valence-electron chi connectivity index (χ2n) is 8.49. The lowest BCUT2D eigenvalue weighted by Crippen LogP contribution is -2.46. The molecule has 3 rings (SSSR count). The highest BCUT2D eigenvalue weighted by atomic mass is 16.5. The maximum absolute atomic E-state index is 13.1. The van der Waals surface area contributed by atoms with E-state index in [1.807, 2.05) is 42.5 Å². The summed E-state index contributed by atoms with van der Waals surface area (Å²) in [5, 5.41) is 5.22. The van der Waals surface area contributed by atoms with Gasteiger partial charge in [-0.15, -0.1) is 0 Å². The van der Waals surface area contributed by atoms with Crippen molar-refractivity contribution in [1.29, 1.82) is 0 Å². The third-order valence-electron chi connectivity index (χ3n) is 5.53. The fourth-order valence-corrected chi connectivity index (χ4v) is 3.75. The van der Waals surface area contributed by atoms with Crippen molar-refractivity contribution in [2.75, 3.05) is 6.54 Å². The number of nitrogens with one attached hydrogen (secondary N) is 2. The van der Waals surface area contributed by atoms with Crippen molar-refractivity contribution in [3.63, 3.8) is 0 Å². The van der Waals surface area contributed by atoms with Crippen LogP contribution in [-0.4, -0.2) is 41.1 Å². The van der Waals surface area contributed by atoms with Crippen LogP contribution in [0.4, 0.5) is 4.79 Å². The topological polar surface area (TPSA) is 114 Å². The maximum Gasteiger partial charge on any atom is 0.408 e. The molecule has 2 amide bonds. The average Bonchev–Trinajstić information content (AvgIpc) is 2.80. The molecule has 1 aromatic carbocycles. The van der Waals surface area contributed by atoms with Gasteiger partial charge in [-0.3, -0.25) is 19.4 Å². The molecule has 0 aliphatic carbocycles. The van der Waals surface area contributed by atoms with Crippen molar-refractivity contribution in [2.24, 2.45) is 11.8 Å². The number of fused-ring (bicyclic) bond motifs is 2. The Balaban J connectivity index is 1.68. The summed E-state index contributed by atoms with van der Waals surface area (Å²) in [5.41, 5.74) is 2.30. The predicted octanol–water partition coefficient (Wildman–Crippen LogP) is 2.39. The summed E-state index contributed by atoms with van der Waals surface area (Å²) in [5.74, 6) is -2.77. The molecule has 0 saturated carbocycles. The van der Waals surface area contributed by atoms with Gasteiger partial charge in [0.1, 0.15) is 6.61 Å². The van der Waals surface area contributed by atoms with Crippen molar-refractivity contribution < 1.29 is 23.9 Å². The zero-order valence-electron chi connectivity index (χ0n) is 18.9. The van der Waals surface area contributed by atoms with Crippen LogP contribution in [0.15, 0.2) is 48.5 Å². The first-order chi connectivity index (χ1) is 15.8. The summed E-state index contributed by atoms with van der Waals surface area (Å²) in [6.07, 6.45) is -0.189. The van der Waals surface area contributed by atoms with Crippen molar-refractivity contribution >= 4 is 23.6 Å². The Kier molecular flexibility index (Phi) is 8.29. The molecule has 0 spiro atoms. The van der Waals surface area contributed by atoms with Gasteiger partial charge in [0, 0.05) is 43.1 Å². The molecule has 2 aromatic rings. The molecule has 2 unspecified atom stereocenters. The number of amides is 2. The lowest BCUT2D eigenvalue weighted by atomic mass is 9.87. The Hall–Kier alpha value is -3.55. The molecule has 1 aromatic heterocycles. The first-order valence-corrected chi connectivity index (χ1v) is 11.1. The van der Waals surface area contributed by atoms with Crippen molar-refractivity contribution in [3.8, 4) is 0 Å². The molecule has 0 saturated heterocycles. The summed E-state index contributed by atoms with van der Waals surface area (Å²) < 4.78 is 5.24. The zero-order chi connectivity index (χ0) is 23.8. The Bertz CT molecular complexity index is 1010. The van der Waals surface area contributed by atoms with Gasteiger partial charge < -0.3 is 15.4 Å². The molecule has 1 aliphatic heterocycles. The summed E-state index contributed by atoms with van der Waals surface area (Å²) in [6, 6.07) is 13.9. The summed E-state index contributed by atoms with van der Waals surface area (Å²) in [7, 11) is 0. The van der Waals surface area contributed by atoms with Gasteiger partial charge in [-0.25, -0.2) is 4.79 Å². The zero-order valence-corrected chi connectivity index (χ0v) is 18.9. The number of hydrogen-bond donors (Lipinski definition) is 2. The molecule has 1 aliphatic rings. The molecule has 8 nitrogen and oxygen atoms in total. The number of pyridine rings is 1. The third-order valence-corrected chi connectivity index (χ3v) is 5.53. The van der Waals surface area contributed by atoms with Crippen molar-refractivity contribution in [3.05, 3.63) is 65.5 Å². The number of alkyl carbamates (subject to hydrolysis) is 1. The third kappa shape index (κ3) is 6.97. The Morgan fingerprint density at radius 1 is 1.09 bits per heavy atom. The molecular formula is C25H29N3O5. The highest BCUT2D eigenvalue weighted by molar-refractivity contribution is 6.37. The van der Waals surface area contributed by atoms with Gasteiger partial charge in [0.25, 0.3) is 5.91 Å². The van der Waals surface area contributed by atoms with Gasteiger partial charge in [-0.1, -0.05) is 50.2 Å². The number of benzene rings is 1. The number of nitrogens with zero attached hydrogens (tertiary/aromatic N) is 1. The van der Waals surface area contributed by atoms with E-state index in [-0.39, 0.29) is 31.1 Å². The molecule has 33 heavy (non-hydrogen) atoms. The van der Waals surface area contributed by atoms with E-state index in [2.05, 4.69) is 15.6 Å². The van der Waals surface area contributed by atoms with Gasteiger partial charge in [-0.05, 0) is 23.6 Å². The molecular weight excluding hydrogens is 422 g/mol. The summed E-state index contributed by atoms with van der Waals surface area (Å²) in [4.78, 5) is 55.0. The maximum atomic E-state index is 13.1. The Labute approximate surface area is 193 Å². The number of rotatable bonds is 7. The number of ketones is 2. The van der Waals surface area contributed by atoms with Crippen molar-refractivity contribution in [2.45, 2.75) is 45.8 Å². The summed E-state index contributed by atoms with van der Waals surface area (Å²) in [6.45, 7) is 3.97. The first kappa shape index (κ1) is 24.1. The van der Waals surface area contributed by atoms with Crippen LogP contribution in [0.2, 0.25) is 0 Å². The second kappa shape index (κ2) is 11.4. The molecule has 2 atom stereocenters. The number of carbonyl (C=O) groups is 4. The van der Waals surface area contributed by atoms with Crippen LogP contribution in [0.1, 0.15) is 37.2 Å². The lowest BCUT2D eigenvalue weighted by Gasteiger charge is -2.23. The van der Waals surface area contributed by atoms with Gasteiger partial charge in [0.15, 0.2) is 5.78 Å². The number of Topliss-reactive ketones (excluding diaryl/α,β-unsaturated/α-hetero) is 2. The minimum atomic E-state index is -0.860. The standard InChI is InChI=1S/C25H29N3O5/c1-16(2)22(28-25(32)33-15-17-7-4-3-5-8-17)21(29)14-18-13-20-10-6-9-19(27-20)11-12-26-24(31)23(18)30/h3-10,16,18,22H,11-15H2,1-2H3,(H,26,31)(H,28,32). The number of aromatic nitrogens is 1. The first-order valence-electron chi connectivity index (χ1n) is 11.1. The number of hydrogen-bond acceptors (Lipinski definition) is 6. The van der Waals surface area contributed by atoms with E-state index in [9.17, 15) is 19.2 Å². The molecule has 0 radical (unpaired) electrons. The minimum absolute atomic E-state index is 0.0783. The average molecular weight is 452 g/mol. The van der Waals surface area contributed by atoms with Crippen LogP contribution in [0.5, 0.6) is 0 Å². The van der Waals surface area contributed by atoms with E-state index in [4.69, 9.17) is 4.74 Å². The quantitative estimate of drug-likeness (QED) is 0.625. The second-order valence-corrected chi connectivity index (χ2v) is 8.49. The predicted molar refractivity (Wildman–Crippen MR) is 121 cm³/mol. The summed E-state index contributed by atoms with van der Waals surface area (Å²) >= 11 is 0. The van der Waals surface area contributed by atoms with Crippen molar-refractivity contribution in [1.82, 2.24) is 15.6 Å². The molecule has 174 valence electrons. The van der Waals surface area contributed by atoms with Gasteiger partial charge in [-0.2, -0.15) is 0 Å². The molecule has 8 heteroatoms. The van der Waals surface area contributed by atoms with Gasteiger partial charge >= 0.3 is 6.09 Å². The van der Waals surface area contributed by atoms with Crippen LogP contribution in [0.25, 0.3) is 0 Å². The van der Waals surface area contributed by atoms with Crippen LogP contribution >= 0.6 is 0 Å². The SMILES string of the molecule is CC(C)C(NC(=O)OCc1ccccc1)C(=O)CC1Cc2cccc(n2)CCNC(=O)C1=O. The highest BCUT2D eigenvalue weighted by Crippen LogP contribution is 2.18. The van der Waals surface area contributed by atoms with Crippen LogP contribution in [0, 0.1) is 11.8 Å². The molecule has 0 fully saturated rings. The van der Waals surface area contributed by atoms with E-state index >= 15 is 0 Å². The Morgan fingerprint density at radius 2 is 1.82 bits per heavy atom. The van der Waals surface area contributed by atoms with E-state index in [0.29, 0.717) is 18.7 Å². The number of carbonyl (C=O) groups excluding carboxylic acids is 4. The largest absolute Gasteiger partial charge is 0.445 e. The fraction of sp³-hybridized carbons (Fsp3) is 0.400. The smallest absolute Gasteiger partial charge is 0.408 e. The monoisotopic (exact) mass is 451 g/mol. The minimum Gasteiger partial charge on any atom is -0.445 e. The lowest BCUT2D eigenvalue weighted by molar-refractivity contribution is -0.141. The van der Waals surface area contributed by atoms with Crippen LogP contribution in [-0.2, 0) is 38.6 Å². The molecule has 2 N–H and O–H groups in total. The Morgan fingerprint density at radius 3 is 2.55 bits per heavy atom. The van der Waals surface area contributed by atoms with E-state index in [0.717, 1.165) is 11.3 Å². The van der Waals surface area contributed by atoms with Gasteiger partial charge in [0.05, 0.1) is 6.04 Å². The number of ether oxygens (including phenoxy) is 1. The van der Waals surface area contributed by atoms with E-state index in [1.54, 1.807) is 19.9 Å². The fourth-order valence-electron chi connectivity index (χ4n) is 3.75. The van der Waals surface area contributed by atoms with E-state index < -0.39 is 29.7 Å². The van der Waals surface area contributed by atoms with Crippen LogP contribution < -0.4 is 10.6 Å². The van der Waals surface area contributed by atoms with Gasteiger partial charge in [0.2, 0.25) is 5.78 Å². The molecule has 2 bridgehead atoms. The normalized spacial score (nSPS) is 17.1. The molecule has 2 heterocycles. The highest BCUT2D eigenvalue weighted by Gasteiger charge is 2.33.